The summed E-state index contributed by atoms with van der Waals surface area (Å²) in [5.41, 5.74) is 4.50. The van der Waals surface area contributed by atoms with Crippen molar-refractivity contribution >= 4 is 48.4 Å². The van der Waals surface area contributed by atoms with Gasteiger partial charge in [0.2, 0.25) is 0 Å². The summed E-state index contributed by atoms with van der Waals surface area (Å²) in [5, 5.41) is 3.59. The summed E-state index contributed by atoms with van der Waals surface area (Å²) in [6, 6.07) is 21.0. The molecular weight excluding hydrogens is 416 g/mol. The Labute approximate surface area is 153 Å². The number of aryl methyl sites for hydroxylation is 1. The van der Waals surface area contributed by atoms with E-state index in [4.69, 9.17) is 0 Å². The van der Waals surface area contributed by atoms with Gasteiger partial charge in [0.15, 0.2) is 5.78 Å². The second-order valence-corrected chi connectivity index (χ2v) is 6.82. The van der Waals surface area contributed by atoms with E-state index in [2.05, 4.69) is 74.3 Å². The van der Waals surface area contributed by atoms with Crippen LogP contribution < -0.4 is 0 Å². The number of carbonyl (C=O) groups excluding carboxylic acids is 1. The molecule has 0 fully saturated rings. The van der Waals surface area contributed by atoms with Gasteiger partial charge in [-0.15, -0.1) is 0 Å². The minimum atomic E-state index is 0.110. The summed E-state index contributed by atoms with van der Waals surface area (Å²) < 4.78 is 0. The molecule has 0 aliphatic carbocycles. The molecule has 23 heavy (non-hydrogen) atoms. The van der Waals surface area contributed by atoms with Crippen molar-refractivity contribution in [3.8, 4) is 11.1 Å². The van der Waals surface area contributed by atoms with Crippen LogP contribution in [0.1, 0.15) is 15.9 Å². The number of hydrogen-bond acceptors (Lipinski definition) is 1. The Bertz CT molecular complexity index is 838. The van der Waals surface area contributed by atoms with Crippen molar-refractivity contribution in [2.45, 2.75) is 6.42 Å². The first-order valence-corrected chi connectivity index (χ1v) is 9.74. The third-order valence-electron chi connectivity index (χ3n) is 3.95. The van der Waals surface area contributed by atoms with Crippen LogP contribution in [0, 0.1) is 0 Å². The van der Waals surface area contributed by atoms with Gasteiger partial charge in [-0.1, -0.05) is 80.4 Å². The number of halogens is 2. The molecule has 0 atom stereocenters. The molecule has 0 radical (unpaired) electrons. The topological polar surface area (TPSA) is 17.1 Å². The summed E-state index contributed by atoms with van der Waals surface area (Å²) in [4.78, 5) is 11.8. The highest BCUT2D eigenvalue weighted by molar-refractivity contribution is 9.09. The number of fused-ring (bicyclic) bond motifs is 1. The minimum absolute atomic E-state index is 0.110. The standard InChI is InChI=1S/C20H16Br2O/c21-10-9-14-1-3-15(4-2-14)16-5-6-18-12-19(20(23)13-22)8-7-17(18)11-16/h1-8,11-12H,9-10,13H2. The van der Waals surface area contributed by atoms with E-state index in [1.165, 1.54) is 16.7 Å². The van der Waals surface area contributed by atoms with Crippen LogP contribution in [0.4, 0.5) is 0 Å². The van der Waals surface area contributed by atoms with Gasteiger partial charge in [0.05, 0.1) is 5.33 Å². The van der Waals surface area contributed by atoms with Gasteiger partial charge in [0, 0.05) is 10.9 Å². The van der Waals surface area contributed by atoms with E-state index in [-0.39, 0.29) is 5.78 Å². The molecule has 116 valence electrons. The van der Waals surface area contributed by atoms with Crippen molar-refractivity contribution in [1.29, 1.82) is 0 Å². The van der Waals surface area contributed by atoms with Gasteiger partial charge in [-0.25, -0.2) is 0 Å². The largest absolute Gasteiger partial charge is 0.293 e. The Hall–Kier alpha value is -1.45. The smallest absolute Gasteiger partial charge is 0.173 e. The van der Waals surface area contributed by atoms with Crippen LogP contribution in [-0.4, -0.2) is 16.4 Å². The zero-order valence-electron chi connectivity index (χ0n) is 12.6. The Morgan fingerprint density at radius 1 is 0.783 bits per heavy atom. The Morgan fingerprint density at radius 3 is 2.13 bits per heavy atom. The number of benzene rings is 3. The number of alkyl halides is 2. The molecule has 0 aliphatic heterocycles. The summed E-state index contributed by atoms with van der Waals surface area (Å²) in [6.07, 6.45) is 1.04. The van der Waals surface area contributed by atoms with Crippen LogP contribution >= 0.6 is 31.9 Å². The van der Waals surface area contributed by atoms with Crippen LogP contribution in [0.3, 0.4) is 0 Å². The number of ketones is 1. The summed E-state index contributed by atoms with van der Waals surface area (Å²) in [6.45, 7) is 0. The van der Waals surface area contributed by atoms with Crippen LogP contribution in [0.25, 0.3) is 21.9 Å². The van der Waals surface area contributed by atoms with E-state index in [1.54, 1.807) is 0 Å². The number of carbonyl (C=O) groups is 1. The van der Waals surface area contributed by atoms with E-state index in [9.17, 15) is 4.79 Å². The maximum Gasteiger partial charge on any atom is 0.173 e. The normalized spacial score (nSPS) is 10.9. The van der Waals surface area contributed by atoms with Crippen LogP contribution in [-0.2, 0) is 6.42 Å². The monoisotopic (exact) mass is 430 g/mol. The predicted octanol–water partition coefficient (Wildman–Crippen LogP) is 6.02. The average molecular weight is 432 g/mol. The molecule has 0 aromatic heterocycles. The second-order valence-electron chi connectivity index (χ2n) is 5.47. The van der Waals surface area contributed by atoms with Gasteiger partial charge in [0.25, 0.3) is 0 Å². The highest BCUT2D eigenvalue weighted by atomic mass is 79.9. The quantitative estimate of drug-likeness (QED) is 0.356. The number of Topliss-reactive ketones (excluding diaryl/α,β-unsaturated/α-hetero) is 1. The molecule has 0 N–H and O–H groups in total. The fourth-order valence-electron chi connectivity index (χ4n) is 2.65. The van der Waals surface area contributed by atoms with Crippen molar-refractivity contribution in [1.82, 2.24) is 0 Å². The first-order valence-electron chi connectivity index (χ1n) is 7.49. The van der Waals surface area contributed by atoms with Gasteiger partial charge in [-0.2, -0.15) is 0 Å². The van der Waals surface area contributed by atoms with Gasteiger partial charge >= 0.3 is 0 Å². The molecule has 0 unspecified atom stereocenters. The average Bonchev–Trinajstić information content (AvgIpc) is 2.61. The van der Waals surface area contributed by atoms with E-state index < -0.39 is 0 Å². The highest BCUT2D eigenvalue weighted by Crippen LogP contribution is 2.26. The van der Waals surface area contributed by atoms with Crippen LogP contribution in [0.5, 0.6) is 0 Å². The lowest BCUT2D eigenvalue weighted by atomic mass is 9.98. The maximum atomic E-state index is 11.8. The first kappa shape index (κ1) is 16.4. The highest BCUT2D eigenvalue weighted by Gasteiger charge is 2.06. The zero-order valence-corrected chi connectivity index (χ0v) is 15.7. The van der Waals surface area contributed by atoms with Crippen molar-refractivity contribution in [3.63, 3.8) is 0 Å². The molecule has 0 spiro atoms. The van der Waals surface area contributed by atoms with Gasteiger partial charge in [-0.3, -0.25) is 4.79 Å². The van der Waals surface area contributed by atoms with Crippen molar-refractivity contribution < 1.29 is 4.79 Å². The fraction of sp³-hybridized carbons (Fsp3) is 0.150. The SMILES string of the molecule is O=C(CBr)c1ccc2cc(-c3ccc(CCBr)cc3)ccc2c1. The molecule has 0 heterocycles. The molecule has 0 amide bonds. The molecule has 3 heteroatoms. The van der Waals surface area contributed by atoms with Crippen molar-refractivity contribution in [3.05, 3.63) is 71.8 Å². The van der Waals surface area contributed by atoms with Gasteiger partial charge in [-0.05, 0) is 46.0 Å². The summed E-state index contributed by atoms with van der Waals surface area (Å²) >= 11 is 6.69. The minimum Gasteiger partial charge on any atom is -0.293 e. The third kappa shape index (κ3) is 3.73. The molecular formula is C20H16Br2O. The van der Waals surface area contributed by atoms with E-state index in [1.807, 2.05) is 18.2 Å². The third-order valence-corrected chi connectivity index (χ3v) is 4.86. The van der Waals surface area contributed by atoms with Crippen LogP contribution in [0.15, 0.2) is 60.7 Å². The van der Waals surface area contributed by atoms with Crippen molar-refractivity contribution in [2.75, 3.05) is 10.7 Å². The number of rotatable bonds is 5. The molecule has 3 aromatic carbocycles. The summed E-state index contributed by atoms with van der Waals surface area (Å²) in [7, 11) is 0. The van der Waals surface area contributed by atoms with Gasteiger partial charge in [0.1, 0.15) is 0 Å². The Morgan fingerprint density at radius 2 is 1.43 bits per heavy atom. The molecule has 3 rings (SSSR count). The molecule has 0 saturated heterocycles. The predicted molar refractivity (Wildman–Crippen MR) is 105 cm³/mol. The number of hydrogen-bond donors (Lipinski definition) is 0. The molecule has 0 bridgehead atoms. The summed E-state index contributed by atoms with van der Waals surface area (Å²) in [5.74, 6) is 0.110. The van der Waals surface area contributed by atoms with Crippen molar-refractivity contribution in [2.24, 2.45) is 0 Å². The molecule has 3 aromatic rings. The second kappa shape index (κ2) is 7.41. The fourth-order valence-corrected chi connectivity index (χ4v) is 3.43. The van der Waals surface area contributed by atoms with E-state index in [0.29, 0.717) is 5.33 Å². The van der Waals surface area contributed by atoms with Crippen LogP contribution in [0.2, 0.25) is 0 Å². The molecule has 1 nitrogen and oxygen atoms in total. The van der Waals surface area contributed by atoms with Gasteiger partial charge < -0.3 is 0 Å². The van der Waals surface area contributed by atoms with E-state index >= 15 is 0 Å². The van der Waals surface area contributed by atoms with E-state index in [0.717, 1.165) is 28.1 Å². The lowest BCUT2D eigenvalue weighted by molar-refractivity contribution is 0.102. The first-order chi connectivity index (χ1) is 11.2. The molecule has 0 saturated carbocycles. The Balaban J connectivity index is 1.95. The Kier molecular flexibility index (Phi) is 5.29. The zero-order chi connectivity index (χ0) is 16.2. The molecule has 0 aliphatic rings. The lowest BCUT2D eigenvalue weighted by Gasteiger charge is -2.07. The maximum absolute atomic E-state index is 11.8. The lowest BCUT2D eigenvalue weighted by Crippen LogP contribution is -1.99.